The van der Waals surface area contributed by atoms with Gasteiger partial charge in [0.05, 0.1) is 14.2 Å². The Balaban J connectivity index is -0.00000000442. The van der Waals surface area contributed by atoms with Crippen molar-refractivity contribution in [1.29, 1.82) is 0 Å². The lowest BCUT2D eigenvalue weighted by atomic mass is 11.8. The maximum absolute atomic E-state index is 8.35. The van der Waals surface area contributed by atoms with Gasteiger partial charge in [0.15, 0.2) is 0 Å². The van der Waals surface area contributed by atoms with Crippen LogP contribution in [0, 0.1) is 31.2 Å². The summed E-state index contributed by atoms with van der Waals surface area (Å²) in [5.41, 5.74) is 0. The molecule has 0 saturated carbocycles. The van der Waals surface area contributed by atoms with E-state index in [0.717, 1.165) is 7.11 Å². The fourth-order valence-electron chi connectivity index (χ4n) is 0. The first-order chi connectivity index (χ1) is 7.24. The van der Waals surface area contributed by atoms with Gasteiger partial charge in [-0.15, -0.1) is 41.9 Å². The second-order valence-corrected chi connectivity index (χ2v) is 0.572. The van der Waals surface area contributed by atoms with Gasteiger partial charge in [-0.05, 0) is 0 Å². The Morgan fingerprint density at radius 2 is 0.762 bits per heavy atom. The Labute approximate surface area is 147 Å². The monoisotopic (exact) mass is 416 g/mol. The highest BCUT2D eigenvalue weighted by atomic mass is 35.6. The largest absolute Gasteiger partial charge is 0.506 e. The molecule has 21 heavy (non-hydrogen) atoms. The molecule has 146 valence electrons. The lowest BCUT2D eigenvalue weighted by Gasteiger charge is -1.59. The molecule has 11 nitrogen and oxygen atoms in total. The average Bonchev–Trinajstić information content (AvgIpc) is 2.29. The predicted octanol–water partition coefficient (Wildman–Crippen LogP) is 1.38. The van der Waals surface area contributed by atoms with E-state index in [1.54, 1.807) is 0 Å². The van der Waals surface area contributed by atoms with E-state index in [1.807, 2.05) is 0 Å². The van der Waals surface area contributed by atoms with E-state index in [0.29, 0.717) is 0 Å². The molecule has 0 bridgehead atoms. The molecule has 0 spiro atoms. The van der Waals surface area contributed by atoms with Crippen molar-refractivity contribution in [2.45, 2.75) is 22.3 Å². The minimum atomic E-state index is -0.167. The Morgan fingerprint density at radius 1 is 0.762 bits per heavy atom. The van der Waals surface area contributed by atoms with Gasteiger partial charge in [0.25, 0.3) is 0 Å². The molecule has 0 unspecified atom stereocenters. The van der Waals surface area contributed by atoms with Gasteiger partial charge in [0.2, 0.25) is 0 Å². The summed E-state index contributed by atoms with van der Waals surface area (Å²) in [5.74, 6) is 0. The molecule has 0 aliphatic heterocycles. The summed E-state index contributed by atoms with van der Waals surface area (Å²) in [7, 11) is 3.36. The van der Waals surface area contributed by atoms with Crippen LogP contribution in [0.25, 0.3) is 0 Å². The zero-order valence-electron chi connectivity index (χ0n) is 9.25. The van der Waals surface area contributed by atoms with Gasteiger partial charge in [-0.25, -0.2) is 9.78 Å². The molecule has 0 aromatic carbocycles. The van der Waals surface area contributed by atoms with Crippen molar-refractivity contribution < 1.29 is 46.0 Å². The first-order valence-electron chi connectivity index (χ1n) is 2.29. The van der Waals surface area contributed by atoms with Crippen LogP contribution < -0.4 is 4.66 Å². The van der Waals surface area contributed by atoms with Gasteiger partial charge in [-0.2, -0.15) is 0 Å². The minimum Gasteiger partial charge on any atom is -0.506 e. The van der Waals surface area contributed by atoms with E-state index >= 15 is 0 Å². The molecule has 0 aliphatic rings. The summed E-state index contributed by atoms with van der Waals surface area (Å²) in [4.78, 5) is 34.5. The average molecular weight is 418 g/mol. The van der Waals surface area contributed by atoms with E-state index in [2.05, 4.69) is 9.78 Å². The Bertz CT molecular complexity index is 47.1. The van der Waals surface area contributed by atoms with Crippen molar-refractivity contribution >= 4 is 37.2 Å². The van der Waals surface area contributed by atoms with Gasteiger partial charge in [-0.3, -0.25) is 10.5 Å². The maximum atomic E-state index is 8.35. The molecule has 0 amide bonds. The summed E-state index contributed by atoms with van der Waals surface area (Å²) < 4.78 is 15.2. The molecule has 15 heteroatoms. The second kappa shape index (κ2) is 771. The standard InChI is InChI=1S/2CH4O2.CH4O.3CH4.ClHO2.3ClH.2O2/c2*1-3-2;1-2;;;;2-1-3;;;;2*1-2/h2*2H,1H3;2H,1H3;3*1H4;2H;3*1H;;. The summed E-state index contributed by atoms with van der Waals surface area (Å²) in [6, 6.07) is 0. The molecule has 0 aliphatic carbocycles. The molecule has 0 atom stereocenters. The van der Waals surface area contributed by atoms with Crippen LogP contribution in [0.2, 0.25) is 0 Å². The smallest absolute Gasteiger partial charge is 0.327 e. The van der Waals surface area contributed by atoms with Gasteiger partial charge in [0.1, 0.15) is 0 Å². The summed E-state index contributed by atoms with van der Waals surface area (Å²) in [5, 5.41) is 21.1. The van der Waals surface area contributed by atoms with Crippen LogP contribution in [0.4, 0.5) is 0 Å². The van der Waals surface area contributed by atoms with Crippen LogP contribution in [0.1, 0.15) is 22.3 Å². The fraction of sp³-hybridized carbons (Fsp3) is 1.00. The zero-order valence-corrected chi connectivity index (χ0v) is 12.5. The van der Waals surface area contributed by atoms with Crippen molar-refractivity contribution in [2.75, 3.05) is 21.3 Å². The van der Waals surface area contributed by atoms with E-state index in [-0.39, 0.29) is 70.8 Å². The first kappa shape index (κ1) is 103. The second-order valence-electron chi connectivity index (χ2n) is 0.434. The molecule has 0 aromatic heterocycles. The van der Waals surface area contributed by atoms with Crippen LogP contribution in [0.15, 0.2) is 0 Å². The molecular formula is C6H28Cl4O11. The first-order valence-corrected chi connectivity index (χ1v) is 2.93. The van der Waals surface area contributed by atoms with Crippen LogP contribution >= 0.6 is 37.2 Å². The van der Waals surface area contributed by atoms with E-state index < -0.39 is 0 Å². The van der Waals surface area contributed by atoms with E-state index in [4.69, 9.17) is 44.8 Å². The van der Waals surface area contributed by atoms with Crippen molar-refractivity contribution in [3.8, 4) is 0 Å². The SMILES string of the molecule is C.C.C.CO.COO.COO.Cl.Cl.Cl.O=O.O=O.[O-][Cl+]O. The molecule has 4 N–H and O–H groups in total. The number of hydrogen-bond donors (Lipinski definition) is 4. The number of aliphatic hydroxyl groups is 1. The quantitative estimate of drug-likeness (QED) is 0.328. The number of aliphatic hydroxyl groups excluding tert-OH is 1. The van der Waals surface area contributed by atoms with Crippen molar-refractivity contribution in [1.82, 2.24) is 0 Å². The van der Waals surface area contributed by atoms with E-state index in [1.165, 1.54) is 14.2 Å². The summed E-state index contributed by atoms with van der Waals surface area (Å²) >= 11 is -0.167. The van der Waals surface area contributed by atoms with Gasteiger partial charge in [0, 0.05) is 27.0 Å². The molecule has 0 heterocycles. The molecule has 0 rings (SSSR count). The Kier molecular flexibility index (Phi) is 3780. The zero-order chi connectivity index (χ0) is 14.1. The Morgan fingerprint density at radius 3 is 0.762 bits per heavy atom. The van der Waals surface area contributed by atoms with Gasteiger partial charge >= 0.3 is 11.3 Å². The van der Waals surface area contributed by atoms with Crippen molar-refractivity contribution in [2.24, 2.45) is 0 Å². The lowest BCUT2D eigenvalue weighted by Crippen LogP contribution is -1.94. The highest BCUT2D eigenvalue weighted by Gasteiger charge is 1.47. The predicted molar refractivity (Wildman–Crippen MR) is 85.0 cm³/mol. The third-order valence-electron chi connectivity index (χ3n) is 0. The van der Waals surface area contributed by atoms with E-state index in [9.17, 15) is 0 Å². The normalized spacial score (nSPS) is 3.24. The molecule has 0 saturated heterocycles. The van der Waals surface area contributed by atoms with Crippen LogP contribution in [-0.4, -0.2) is 41.6 Å². The molecular weight excluding hydrogens is 390 g/mol. The summed E-state index contributed by atoms with van der Waals surface area (Å²) in [6.07, 6.45) is 0. The van der Waals surface area contributed by atoms with Gasteiger partial charge in [-0.1, -0.05) is 22.3 Å². The molecule has 0 radical (unpaired) electrons. The summed E-state index contributed by atoms with van der Waals surface area (Å²) in [6.45, 7) is 0. The molecule has 0 aromatic rings. The third-order valence-corrected chi connectivity index (χ3v) is 0. The highest BCUT2D eigenvalue weighted by molar-refractivity contribution is 5.86. The molecule has 0 fully saturated rings. The lowest BCUT2D eigenvalue weighted by molar-refractivity contribution is -1.27. The number of rotatable bonds is 0. The topological polar surface area (TPSA) is 191 Å². The Hall–Kier alpha value is 0.0800. The number of hydrogen-bond acceptors (Lipinski definition) is 11. The van der Waals surface area contributed by atoms with Crippen molar-refractivity contribution in [3.63, 3.8) is 0 Å². The van der Waals surface area contributed by atoms with Gasteiger partial charge < -0.3 is 9.77 Å². The number of halogens is 4. The minimum absolute atomic E-state index is 0. The third kappa shape index (κ3) is 1030000. The van der Waals surface area contributed by atoms with Crippen LogP contribution in [0.5, 0.6) is 0 Å². The van der Waals surface area contributed by atoms with Crippen molar-refractivity contribution in [3.05, 3.63) is 19.9 Å². The maximum Gasteiger partial charge on any atom is 0.327 e. The fourth-order valence-corrected chi connectivity index (χ4v) is 0. The van der Waals surface area contributed by atoms with Crippen LogP contribution in [-0.2, 0) is 9.78 Å². The van der Waals surface area contributed by atoms with Crippen LogP contribution in [0.3, 0.4) is 0 Å². The highest BCUT2D eigenvalue weighted by Crippen LogP contribution is 1.26.